The van der Waals surface area contributed by atoms with Crippen LogP contribution >= 0.6 is 12.2 Å². The van der Waals surface area contributed by atoms with E-state index in [1.165, 1.54) is 35.2 Å². The quantitative estimate of drug-likeness (QED) is 0.514. The number of hydrogen-bond acceptors (Lipinski definition) is 4. The van der Waals surface area contributed by atoms with E-state index in [4.69, 9.17) is 12.2 Å². The molecule has 0 unspecified atom stereocenters. The first-order chi connectivity index (χ1) is 12.4. The lowest BCUT2D eigenvalue weighted by Gasteiger charge is -2.28. The lowest BCUT2D eigenvalue weighted by Crippen LogP contribution is -2.54. The lowest BCUT2D eigenvalue weighted by atomic mass is 10.1. The van der Waals surface area contributed by atoms with Gasteiger partial charge in [-0.05, 0) is 60.3 Å². The van der Waals surface area contributed by atoms with Gasteiger partial charge in [-0.1, -0.05) is 12.1 Å². The number of amides is 2. The van der Waals surface area contributed by atoms with Gasteiger partial charge in [0.25, 0.3) is 11.8 Å². The van der Waals surface area contributed by atoms with Crippen molar-refractivity contribution in [2.24, 2.45) is 0 Å². The summed E-state index contributed by atoms with van der Waals surface area (Å²) in [6.07, 6.45) is 1.51. The van der Waals surface area contributed by atoms with Gasteiger partial charge in [0.2, 0.25) is 0 Å². The maximum Gasteiger partial charge on any atom is 0.270 e. The molecule has 2 aromatic carbocycles. The number of rotatable bonds is 3. The number of nitrogens with one attached hydrogen (secondary N) is 1. The molecule has 0 spiro atoms. The van der Waals surface area contributed by atoms with Crippen LogP contribution in [0.15, 0.2) is 54.1 Å². The number of anilines is 2. The zero-order valence-electron chi connectivity index (χ0n) is 14.2. The molecule has 5 nitrogen and oxygen atoms in total. The topological polar surface area (TPSA) is 52.7 Å². The van der Waals surface area contributed by atoms with Crippen LogP contribution in [0.1, 0.15) is 5.56 Å². The van der Waals surface area contributed by atoms with Crippen molar-refractivity contribution < 1.29 is 14.0 Å². The van der Waals surface area contributed by atoms with E-state index >= 15 is 0 Å². The standard InChI is InChI=1S/C19H16FN3O2S/c1-22(2)14-7-3-12(4-8-14)11-16-17(24)21-19(26)23(18(16)25)15-9-5-13(20)6-10-15/h3-11H,1-2H3,(H,21,24,26). The molecule has 1 aliphatic heterocycles. The summed E-state index contributed by atoms with van der Waals surface area (Å²) in [5, 5.41) is 2.46. The van der Waals surface area contributed by atoms with E-state index in [0.717, 1.165) is 5.69 Å². The summed E-state index contributed by atoms with van der Waals surface area (Å²) in [5.41, 5.74) is 2.05. The minimum absolute atomic E-state index is 0.0355. The maximum atomic E-state index is 13.1. The number of thiocarbonyl (C=S) groups is 1. The fourth-order valence-corrected chi connectivity index (χ4v) is 2.80. The number of hydrogen-bond donors (Lipinski definition) is 1. The van der Waals surface area contributed by atoms with E-state index < -0.39 is 17.6 Å². The largest absolute Gasteiger partial charge is 0.378 e. The molecule has 7 heteroatoms. The number of benzene rings is 2. The number of carbonyl (C=O) groups excluding carboxylic acids is 2. The van der Waals surface area contributed by atoms with E-state index in [2.05, 4.69) is 5.32 Å². The highest BCUT2D eigenvalue weighted by atomic mass is 32.1. The second-order valence-corrected chi connectivity index (χ2v) is 6.31. The van der Waals surface area contributed by atoms with Crippen LogP contribution in [0.25, 0.3) is 6.08 Å². The summed E-state index contributed by atoms with van der Waals surface area (Å²) in [6, 6.07) is 12.7. The second kappa shape index (κ2) is 7.05. The molecule has 1 saturated heterocycles. The van der Waals surface area contributed by atoms with Gasteiger partial charge in [-0.3, -0.25) is 19.8 Å². The Morgan fingerprint density at radius 1 is 1.04 bits per heavy atom. The first-order valence-corrected chi connectivity index (χ1v) is 8.22. The van der Waals surface area contributed by atoms with Crippen molar-refractivity contribution in [2.45, 2.75) is 0 Å². The van der Waals surface area contributed by atoms with Gasteiger partial charge in [0, 0.05) is 19.8 Å². The third-order valence-electron chi connectivity index (χ3n) is 3.91. The molecule has 0 saturated carbocycles. The highest BCUT2D eigenvalue weighted by Crippen LogP contribution is 2.23. The van der Waals surface area contributed by atoms with E-state index in [1.807, 2.05) is 43.3 Å². The number of halogens is 1. The third kappa shape index (κ3) is 3.48. The van der Waals surface area contributed by atoms with E-state index in [0.29, 0.717) is 11.3 Å². The lowest BCUT2D eigenvalue weighted by molar-refractivity contribution is -0.122. The van der Waals surface area contributed by atoms with Gasteiger partial charge < -0.3 is 4.90 Å². The van der Waals surface area contributed by atoms with Crippen molar-refractivity contribution in [2.75, 3.05) is 23.9 Å². The fraction of sp³-hybridized carbons (Fsp3) is 0.105. The Labute approximate surface area is 155 Å². The van der Waals surface area contributed by atoms with Gasteiger partial charge in [0.1, 0.15) is 11.4 Å². The molecular formula is C19H16FN3O2S. The van der Waals surface area contributed by atoms with Gasteiger partial charge in [0.15, 0.2) is 5.11 Å². The van der Waals surface area contributed by atoms with Crippen molar-refractivity contribution in [1.82, 2.24) is 5.32 Å². The van der Waals surface area contributed by atoms with Gasteiger partial charge >= 0.3 is 0 Å². The molecule has 1 aliphatic rings. The summed E-state index contributed by atoms with van der Waals surface area (Å²) in [4.78, 5) is 28.2. The SMILES string of the molecule is CN(C)c1ccc(C=C2C(=O)NC(=S)N(c3ccc(F)cc3)C2=O)cc1. The molecule has 2 aromatic rings. The third-order valence-corrected chi connectivity index (χ3v) is 4.19. The predicted molar refractivity (Wildman–Crippen MR) is 103 cm³/mol. The zero-order valence-corrected chi connectivity index (χ0v) is 15.0. The predicted octanol–water partition coefficient (Wildman–Crippen LogP) is 2.72. The molecule has 0 atom stereocenters. The van der Waals surface area contributed by atoms with Gasteiger partial charge in [-0.15, -0.1) is 0 Å². The van der Waals surface area contributed by atoms with Gasteiger partial charge in [-0.25, -0.2) is 4.39 Å². The Morgan fingerprint density at radius 3 is 2.23 bits per heavy atom. The Balaban J connectivity index is 1.95. The van der Waals surface area contributed by atoms with Crippen LogP contribution < -0.4 is 15.1 Å². The smallest absolute Gasteiger partial charge is 0.270 e. The van der Waals surface area contributed by atoms with Gasteiger partial charge in [0.05, 0.1) is 5.69 Å². The highest BCUT2D eigenvalue weighted by Gasteiger charge is 2.34. The van der Waals surface area contributed by atoms with Crippen LogP contribution in [0.5, 0.6) is 0 Å². The maximum absolute atomic E-state index is 13.1. The van der Waals surface area contributed by atoms with Gasteiger partial charge in [-0.2, -0.15) is 0 Å². The van der Waals surface area contributed by atoms with Crippen LogP contribution in [0.4, 0.5) is 15.8 Å². The van der Waals surface area contributed by atoms with Crippen LogP contribution in [-0.2, 0) is 9.59 Å². The van der Waals surface area contributed by atoms with Crippen molar-refractivity contribution >= 4 is 46.6 Å². The minimum atomic E-state index is -0.560. The molecule has 1 fully saturated rings. The van der Waals surface area contributed by atoms with E-state index in [9.17, 15) is 14.0 Å². The Hall–Kier alpha value is -3.06. The van der Waals surface area contributed by atoms with Crippen LogP contribution in [0, 0.1) is 5.82 Å². The summed E-state index contributed by atoms with van der Waals surface area (Å²) >= 11 is 5.11. The first-order valence-electron chi connectivity index (χ1n) is 7.81. The molecule has 0 aromatic heterocycles. The van der Waals surface area contributed by atoms with Crippen LogP contribution in [0.2, 0.25) is 0 Å². The second-order valence-electron chi connectivity index (χ2n) is 5.92. The molecule has 132 valence electrons. The normalized spacial score (nSPS) is 16.0. The molecule has 26 heavy (non-hydrogen) atoms. The molecule has 3 rings (SSSR count). The monoisotopic (exact) mass is 369 g/mol. The van der Waals surface area contributed by atoms with Crippen molar-refractivity contribution in [3.8, 4) is 0 Å². The fourth-order valence-electron chi connectivity index (χ4n) is 2.52. The Morgan fingerprint density at radius 2 is 1.65 bits per heavy atom. The van der Waals surface area contributed by atoms with Crippen molar-refractivity contribution in [3.63, 3.8) is 0 Å². The molecule has 2 amide bonds. The number of carbonyl (C=O) groups is 2. The Bertz CT molecular complexity index is 905. The Kier molecular flexibility index (Phi) is 4.81. The molecule has 1 heterocycles. The summed E-state index contributed by atoms with van der Waals surface area (Å²) in [7, 11) is 3.85. The molecule has 0 bridgehead atoms. The highest BCUT2D eigenvalue weighted by molar-refractivity contribution is 7.80. The molecular weight excluding hydrogens is 353 g/mol. The summed E-state index contributed by atoms with van der Waals surface area (Å²) in [6.45, 7) is 0. The van der Waals surface area contributed by atoms with E-state index in [-0.39, 0.29) is 10.7 Å². The van der Waals surface area contributed by atoms with Crippen LogP contribution in [0.3, 0.4) is 0 Å². The molecule has 0 aliphatic carbocycles. The van der Waals surface area contributed by atoms with Crippen LogP contribution in [-0.4, -0.2) is 31.0 Å². The average molecular weight is 369 g/mol. The summed E-state index contributed by atoms with van der Waals surface area (Å²) in [5.74, 6) is -1.54. The molecule has 0 radical (unpaired) electrons. The summed E-state index contributed by atoms with van der Waals surface area (Å²) < 4.78 is 13.1. The van der Waals surface area contributed by atoms with Crippen molar-refractivity contribution in [3.05, 3.63) is 65.5 Å². The van der Waals surface area contributed by atoms with Crippen molar-refractivity contribution in [1.29, 1.82) is 0 Å². The zero-order chi connectivity index (χ0) is 18.8. The average Bonchev–Trinajstić information content (AvgIpc) is 2.60. The minimum Gasteiger partial charge on any atom is -0.378 e. The first kappa shape index (κ1) is 17.8. The molecule has 1 N–H and O–H groups in total. The number of nitrogens with zero attached hydrogens (tertiary/aromatic N) is 2. The van der Waals surface area contributed by atoms with E-state index in [1.54, 1.807) is 0 Å².